The summed E-state index contributed by atoms with van der Waals surface area (Å²) < 4.78 is 0. The Kier molecular flexibility index (Phi) is 5.49. The summed E-state index contributed by atoms with van der Waals surface area (Å²) in [5.41, 5.74) is 4.00. The van der Waals surface area contributed by atoms with Gasteiger partial charge in [0, 0.05) is 34.4 Å². The molecular weight excluding hydrogens is 442 g/mol. The summed E-state index contributed by atoms with van der Waals surface area (Å²) in [6.07, 6.45) is 2.39. The number of hydrogen-bond acceptors (Lipinski definition) is 5. The SMILES string of the molecule is Cc1cc(Cl)ccc1NC1=C(c2cccs2)C(=O)N(c2ccc(N3CCCC3)cc2)C1=O. The number of nitrogens with zero attached hydrogens (tertiary/aromatic N) is 2. The van der Waals surface area contributed by atoms with Crippen LogP contribution in [0.25, 0.3) is 5.57 Å². The van der Waals surface area contributed by atoms with Gasteiger partial charge < -0.3 is 10.2 Å². The van der Waals surface area contributed by atoms with E-state index in [9.17, 15) is 9.59 Å². The number of thiophene rings is 1. The molecule has 1 saturated heterocycles. The first-order chi connectivity index (χ1) is 15.5. The lowest BCUT2D eigenvalue weighted by atomic mass is 10.1. The molecule has 0 aliphatic carbocycles. The van der Waals surface area contributed by atoms with Gasteiger partial charge in [-0.3, -0.25) is 9.59 Å². The third-order valence-electron chi connectivity index (χ3n) is 5.88. The van der Waals surface area contributed by atoms with Crippen LogP contribution in [0.1, 0.15) is 23.3 Å². The highest BCUT2D eigenvalue weighted by molar-refractivity contribution is 7.11. The Morgan fingerprint density at radius 1 is 0.938 bits per heavy atom. The van der Waals surface area contributed by atoms with Gasteiger partial charge in [0.25, 0.3) is 11.8 Å². The Labute approximate surface area is 195 Å². The van der Waals surface area contributed by atoms with Gasteiger partial charge in [-0.05, 0) is 79.2 Å². The van der Waals surface area contributed by atoms with Crippen molar-refractivity contribution in [1.82, 2.24) is 0 Å². The molecule has 2 aliphatic heterocycles. The van der Waals surface area contributed by atoms with Crippen molar-refractivity contribution in [1.29, 1.82) is 0 Å². The van der Waals surface area contributed by atoms with Crippen molar-refractivity contribution >= 4 is 57.4 Å². The molecule has 0 saturated carbocycles. The van der Waals surface area contributed by atoms with Crippen molar-refractivity contribution in [2.75, 3.05) is 28.2 Å². The smallest absolute Gasteiger partial charge is 0.282 e. The molecule has 3 aromatic rings. The fraction of sp³-hybridized carbons (Fsp3) is 0.200. The molecule has 1 N–H and O–H groups in total. The Morgan fingerprint density at radius 3 is 2.31 bits per heavy atom. The average molecular weight is 464 g/mol. The van der Waals surface area contributed by atoms with Crippen LogP contribution in [0.4, 0.5) is 17.1 Å². The lowest BCUT2D eigenvalue weighted by Gasteiger charge is -2.20. The summed E-state index contributed by atoms with van der Waals surface area (Å²) in [5, 5.41) is 5.74. The molecule has 0 bridgehead atoms. The lowest BCUT2D eigenvalue weighted by molar-refractivity contribution is -0.120. The molecule has 1 aromatic heterocycles. The molecule has 3 heterocycles. The molecule has 0 atom stereocenters. The van der Waals surface area contributed by atoms with E-state index in [2.05, 4.69) is 10.2 Å². The maximum Gasteiger partial charge on any atom is 0.282 e. The molecule has 1 fully saturated rings. The molecule has 5 nitrogen and oxygen atoms in total. The molecule has 162 valence electrons. The van der Waals surface area contributed by atoms with Crippen molar-refractivity contribution in [2.24, 2.45) is 0 Å². The molecule has 0 radical (unpaired) electrons. The van der Waals surface area contributed by atoms with E-state index in [0.717, 1.165) is 34.9 Å². The molecule has 0 spiro atoms. The van der Waals surface area contributed by atoms with Crippen LogP contribution in [0.3, 0.4) is 0 Å². The second-order valence-corrected chi connectivity index (χ2v) is 9.35. The van der Waals surface area contributed by atoms with Crippen LogP contribution in [-0.4, -0.2) is 24.9 Å². The highest BCUT2D eigenvalue weighted by Crippen LogP contribution is 2.36. The molecule has 2 aromatic carbocycles. The molecule has 2 aliphatic rings. The van der Waals surface area contributed by atoms with Gasteiger partial charge in [0.1, 0.15) is 5.70 Å². The number of halogens is 1. The van der Waals surface area contributed by atoms with Crippen LogP contribution < -0.4 is 15.1 Å². The van der Waals surface area contributed by atoms with Gasteiger partial charge in [0.2, 0.25) is 0 Å². The lowest BCUT2D eigenvalue weighted by Crippen LogP contribution is -2.32. The van der Waals surface area contributed by atoms with Crippen LogP contribution in [0.2, 0.25) is 5.02 Å². The zero-order valence-electron chi connectivity index (χ0n) is 17.6. The minimum atomic E-state index is -0.360. The Morgan fingerprint density at radius 2 is 1.66 bits per heavy atom. The van der Waals surface area contributed by atoms with Crippen molar-refractivity contribution < 1.29 is 9.59 Å². The Hall–Kier alpha value is -3.09. The highest BCUT2D eigenvalue weighted by Gasteiger charge is 2.40. The van der Waals surface area contributed by atoms with Gasteiger partial charge in [-0.2, -0.15) is 0 Å². The summed E-state index contributed by atoms with van der Waals surface area (Å²) in [6.45, 7) is 3.99. The van der Waals surface area contributed by atoms with Gasteiger partial charge in [-0.25, -0.2) is 4.90 Å². The monoisotopic (exact) mass is 463 g/mol. The molecular formula is C25H22ClN3O2S. The van der Waals surface area contributed by atoms with E-state index in [0.29, 0.717) is 16.3 Å². The van der Waals surface area contributed by atoms with Gasteiger partial charge in [-0.15, -0.1) is 11.3 Å². The number of imide groups is 1. The van der Waals surface area contributed by atoms with E-state index in [-0.39, 0.29) is 17.5 Å². The molecule has 5 rings (SSSR count). The van der Waals surface area contributed by atoms with Crippen LogP contribution in [0.15, 0.2) is 65.7 Å². The summed E-state index contributed by atoms with van der Waals surface area (Å²) in [4.78, 5) is 31.3. The van der Waals surface area contributed by atoms with Gasteiger partial charge in [0.05, 0.1) is 11.3 Å². The second kappa shape index (κ2) is 8.45. The minimum absolute atomic E-state index is 0.284. The van der Waals surface area contributed by atoms with E-state index in [1.807, 2.05) is 60.8 Å². The number of carbonyl (C=O) groups excluding carboxylic acids is 2. The standard InChI is InChI=1S/C25H22ClN3O2S/c1-16-15-17(26)6-11-20(16)27-23-22(21-5-4-14-32-21)24(30)29(25(23)31)19-9-7-18(8-10-19)28-12-2-3-13-28/h4-11,14-15,27H,2-3,12-13H2,1H3. The normalized spacial score (nSPS) is 16.4. The highest BCUT2D eigenvalue weighted by atomic mass is 35.5. The molecule has 32 heavy (non-hydrogen) atoms. The number of hydrogen-bond donors (Lipinski definition) is 1. The Balaban J connectivity index is 1.51. The van der Waals surface area contributed by atoms with Crippen LogP contribution in [0, 0.1) is 6.92 Å². The number of carbonyl (C=O) groups is 2. The maximum absolute atomic E-state index is 13.5. The molecule has 0 unspecified atom stereocenters. The Bertz CT molecular complexity index is 1210. The summed E-state index contributed by atoms with van der Waals surface area (Å²) in [7, 11) is 0. The fourth-order valence-electron chi connectivity index (χ4n) is 4.22. The number of anilines is 3. The van der Waals surface area contributed by atoms with E-state index in [1.54, 1.807) is 6.07 Å². The topological polar surface area (TPSA) is 52.7 Å². The third kappa shape index (κ3) is 3.70. The number of benzene rings is 2. The summed E-state index contributed by atoms with van der Waals surface area (Å²) in [5.74, 6) is -0.679. The van der Waals surface area contributed by atoms with Crippen molar-refractivity contribution in [2.45, 2.75) is 19.8 Å². The zero-order chi connectivity index (χ0) is 22.2. The molecule has 7 heteroatoms. The number of aryl methyl sites for hydroxylation is 1. The predicted octanol–water partition coefficient (Wildman–Crippen LogP) is 5.71. The minimum Gasteiger partial charge on any atom is -0.372 e. The third-order valence-corrected chi connectivity index (χ3v) is 7.00. The largest absolute Gasteiger partial charge is 0.372 e. The first-order valence-corrected chi connectivity index (χ1v) is 11.8. The van der Waals surface area contributed by atoms with E-state index in [4.69, 9.17) is 11.6 Å². The zero-order valence-corrected chi connectivity index (χ0v) is 19.2. The predicted molar refractivity (Wildman–Crippen MR) is 131 cm³/mol. The molecule has 2 amide bonds. The number of amides is 2. The van der Waals surface area contributed by atoms with Gasteiger partial charge >= 0.3 is 0 Å². The summed E-state index contributed by atoms with van der Waals surface area (Å²) >= 11 is 7.53. The van der Waals surface area contributed by atoms with Crippen molar-refractivity contribution in [3.05, 3.63) is 81.1 Å². The van der Waals surface area contributed by atoms with Crippen molar-refractivity contribution in [3.8, 4) is 0 Å². The second-order valence-electron chi connectivity index (χ2n) is 7.97. The van der Waals surface area contributed by atoms with Crippen LogP contribution in [-0.2, 0) is 9.59 Å². The van der Waals surface area contributed by atoms with Gasteiger partial charge in [-0.1, -0.05) is 17.7 Å². The fourth-order valence-corrected chi connectivity index (χ4v) is 5.21. The quantitative estimate of drug-likeness (QED) is 0.492. The number of rotatable bonds is 5. The maximum atomic E-state index is 13.5. The van der Waals surface area contributed by atoms with Gasteiger partial charge in [0.15, 0.2) is 0 Å². The van der Waals surface area contributed by atoms with E-state index < -0.39 is 0 Å². The van der Waals surface area contributed by atoms with E-state index >= 15 is 0 Å². The average Bonchev–Trinajstić information content (AvgIpc) is 3.53. The van der Waals surface area contributed by atoms with Crippen molar-refractivity contribution in [3.63, 3.8) is 0 Å². The van der Waals surface area contributed by atoms with Crippen LogP contribution in [0.5, 0.6) is 0 Å². The first kappa shape index (κ1) is 20.8. The van der Waals surface area contributed by atoms with E-state index in [1.165, 1.54) is 29.1 Å². The summed E-state index contributed by atoms with van der Waals surface area (Å²) in [6, 6.07) is 16.8. The van der Waals surface area contributed by atoms with Crippen LogP contribution >= 0.6 is 22.9 Å². The number of nitrogens with one attached hydrogen (secondary N) is 1. The first-order valence-electron chi connectivity index (χ1n) is 10.6.